The largest absolute Gasteiger partial charge is 0.350 e. The maximum atomic E-state index is 13.3. The highest BCUT2D eigenvalue weighted by Gasteiger charge is 2.39. The summed E-state index contributed by atoms with van der Waals surface area (Å²) in [5, 5.41) is 5.84. The monoisotopic (exact) mass is 425 g/mol. The van der Waals surface area contributed by atoms with Crippen LogP contribution in [0.5, 0.6) is 0 Å². The normalized spacial score (nSPS) is 13.5. The Kier molecular flexibility index (Phi) is 5.85. The molecule has 1 aliphatic heterocycles. The number of carbonyl (C=O) groups excluding carboxylic acids is 3. The van der Waals surface area contributed by atoms with Crippen molar-refractivity contribution >= 4 is 34.7 Å². The molecule has 6 heteroatoms. The Morgan fingerprint density at radius 1 is 0.812 bits per heavy atom. The number of benzene rings is 3. The van der Waals surface area contributed by atoms with Crippen molar-refractivity contribution in [3.8, 4) is 0 Å². The lowest BCUT2D eigenvalue weighted by atomic mass is 10.0. The fraction of sp³-hybridized carbons (Fsp3) is 0.115. The van der Waals surface area contributed by atoms with Gasteiger partial charge in [-0.3, -0.25) is 19.3 Å². The van der Waals surface area contributed by atoms with E-state index in [9.17, 15) is 14.4 Å². The topological polar surface area (TPSA) is 78.5 Å². The average molecular weight is 425 g/mol. The first kappa shape index (κ1) is 21.1. The lowest BCUT2D eigenvalue weighted by Crippen LogP contribution is -2.31. The molecular weight excluding hydrogens is 402 g/mol. The average Bonchev–Trinajstić information content (AvgIpc) is 3.00. The molecule has 160 valence electrons. The Labute approximate surface area is 186 Å². The second-order valence-electron chi connectivity index (χ2n) is 7.68. The van der Waals surface area contributed by atoms with Crippen LogP contribution in [0, 0.1) is 6.92 Å². The molecule has 0 fully saturated rings. The third kappa shape index (κ3) is 4.44. The summed E-state index contributed by atoms with van der Waals surface area (Å²) in [5.41, 5.74) is 4.49. The number of imide groups is 1. The number of rotatable bonds is 6. The minimum atomic E-state index is -0.375. The second kappa shape index (κ2) is 8.89. The van der Waals surface area contributed by atoms with Gasteiger partial charge in [0.15, 0.2) is 0 Å². The van der Waals surface area contributed by atoms with Crippen LogP contribution in [0.3, 0.4) is 0 Å². The van der Waals surface area contributed by atoms with E-state index < -0.39 is 0 Å². The van der Waals surface area contributed by atoms with Gasteiger partial charge in [-0.15, -0.1) is 0 Å². The van der Waals surface area contributed by atoms with Crippen molar-refractivity contribution < 1.29 is 14.4 Å². The molecule has 0 radical (unpaired) electrons. The van der Waals surface area contributed by atoms with Crippen molar-refractivity contribution in [1.29, 1.82) is 0 Å². The predicted molar refractivity (Wildman–Crippen MR) is 124 cm³/mol. The van der Waals surface area contributed by atoms with Crippen molar-refractivity contribution in [3.63, 3.8) is 0 Å². The van der Waals surface area contributed by atoms with Gasteiger partial charge in [0.2, 0.25) is 5.91 Å². The van der Waals surface area contributed by atoms with Crippen LogP contribution in [0.25, 0.3) is 5.57 Å². The molecule has 0 saturated heterocycles. The minimum absolute atomic E-state index is 0.164. The predicted octanol–water partition coefficient (Wildman–Crippen LogP) is 4.35. The van der Waals surface area contributed by atoms with Gasteiger partial charge in [-0.2, -0.15) is 0 Å². The van der Waals surface area contributed by atoms with E-state index in [1.54, 1.807) is 24.3 Å². The number of hydrogen-bond donors (Lipinski definition) is 2. The van der Waals surface area contributed by atoms with Gasteiger partial charge in [-0.25, -0.2) is 0 Å². The second-order valence-corrected chi connectivity index (χ2v) is 7.68. The molecule has 0 bridgehead atoms. The molecule has 0 atom stereocenters. The van der Waals surface area contributed by atoms with E-state index in [0.29, 0.717) is 22.5 Å². The fourth-order valence-corrected chi connectivity index (χ4v) is 3.57. The van der Waals surface area contributed by atoms with E-state index in [1.165, 1.54) is 11.8 Å². The zero-order chi connectivity index (χ0) is 22.7. The standard InChI is InChI=1S/C26H23N3O3/c1-17-8-10-20(11-9-17)23-24(28-22-14-12-21(13-15-22)27-18(2)30)26(32)29(25(23)31)16-19-6-4-3-5-7-19/h3-15,28H,16H2,1-2H3,(H,27,30). The quantitative estimate of drug-likeness (QED) is 0.576. The van der Waals surface area contributed by atoms with E-state index in [0.717, 1.165) is 11.1 Å². The van der Waals surface area contributed by atoms with E-state index in [4.69, 9.17) is 0 Å². The van der Waals surface area contributed by atoms with Crippen LogP contribution < -0.4 is 10.6 Å². The van der Waals surface area contributed by atoms with E-state index >= 15 is 0 Å². The molecule has 1 aliphatic rings. The van der Waals surface area contributed by atoms with Crippen LogP contribution in [0.15, 0.2) is 84.6 Å². The molecule has 3 amide bonds. The number of hydrogen-bond acceptors (Lipinski definition) is 4. The number of carbonyl (C=O) groups is 3. The van der Waals surface area contributed by atoms with Crippen LogP contribution in [-0.4, -0.2) is 22.6 Å². The minimum Gasteiger partial charge on any atom is -0.350 e. The number of nitrogens with one attached hydrogen (secondary N) is 2. The molecule has 2 N–H and O–H groups in total. The van der Waals surface area contributed by atoms with E-state index in [-0.39, 0.29) is 30.0 Å². The Balaban J connectivity index is 1.68. The molecule has 3 aromatic rings. The van der Waals surface area contributed by atoms with E-state index in [1.807, 2.05) is 61.5 Å². The Morgan fingerprint density at radius 2 is 1.44 bits per heavy atom. The molecule has 0 spiro atoms. The molecule has 3 aromatic carbocycles. The number of nitrogens with zero attached hydrogens (tertiary/aromatic N) is 1. The summed E-state index contributed by atoms with van der Waals surface area (Å²) in [7, 11) is 0. The highest BCUT2D eigenvalue weighted by atomic mass is 16.2. The Morgan fingerprint density at radius 3 is 2.06 bits per heavy atom. The van der Waals surface area contributed by atoms with Crippen LogP contribution >= 0.6 is 0 Å². The van der Waals surface area contributed by atoms with Gasteiger partial charge < -0.3 is 10.6 Å². The van der Waals surface area contributed by atoms with Crippen molar-refractivity contribution in [2.75, 3.05) is 10.6 Å². The third-order valence-electron chi connectivity index (χ3n) is 5.17. The van der Waals surface area contributed by atoms with Crippen LogP contribution in [-0.2, 0) is 20.9 Å². The summed E-state index contributed by atoms with van der Waals surface area (Å²) in [5.74, 6) is -0.872. The summed E-state index contributed by atoms with van der Waals surface area (Å²) >= 11 is 0. The lowest BCUT2D eigenvalue weighted by Gasteiger charge is -2.15. The summed E-state index contributed by atoms with van der Waals surface area (Å²) in [6, 6.07) is 23.9. The maximum Gasteiger partial charge on any atom is 0.278 e. The van der Waals surface area contributed by atoms with Crippen molar-refractivity contribution in [2.24, 2.45) is 0 Å². The van der Waals surface area contributed by atoms with Gasteiger partial charge >= 0.3 is 0 Å². The van der Waals surface area contributed by atoms with Gasteiger partial charge in [0.1, 0.15) is 5.70 Å². The van der Waals surface area contributed by atoms with Crippen LogP contribution in [0.4, 0.5) is 11.4 Å². The van der Waals surface area contributed by atoms with Crippen LogP contribution in [0.2, 0.25) is 0 Å². The fourth-order valence-electron chi connectivity index (χ4n) is 3.57. The molecule has 4 rings (SSSR count). The maximum absolute atomic E-state index is 13.3. The lowest BCUT2D eigenvalue weighted by molar-refractivity contribution is -0.137. The SMILES string of the molecule is CC(=O)Nc1ccc(NC2=C(c3ccc(C)cc3)C(=O)N(Cc3ccccc3)C2=O)cc1. The molecular formula is C26H23N3O3. The van der Waals surface area contributed by atoms with Crippen molar-refractivity contribution in [2.45, 2.75) is 20.4 Å². The molecule has 0 saturated carbocycles. The smallest absolute Gasteiger partial charge is 0.278 e. The first-order chi connectivity index (χ1) is 15.4. The number of aryl methyl sites for hydroxylation is 1. The summed E-state index contributed by atoms with van der Waals surface area (Å²) in [4.78, 5) is 39.2. The van der Waals surface area contributed by atoms with Gasteiger partial charge in [0.25, 0.3) is 11.8 Å². The molecule has 6 nitrogen and oxygen atoms in total. The van der Waals surface area contributed by atoms with Gasteiger partial charge in [-0.05, 0) is 42.3 Å². The summed E-state index contributed by atoms with van der Waals surface area (Å²) in [6.07, 6.45) is 0. The molecule has 0 aromatic heterocycles. The Hall–Kier alpha value is -4.19. The molecule has 0 unspecified atom stereocenters. The first-order valence-electron chi connectivity index (χ1n) is 10.3. The van der Waals surface area contributed by atoms with Gasteiger partial charge in [0, 0.05) is 18.3 Å². The first-order valence-corrected chi connectivity index (χ1v) is 10.3. The zero-order valence-corrected chi connectivity index (χ0v) is 17.9. The molecule has 1 heterocycles. The van der Waals surface area contributed by atoms with Gasteiger partial charge in [-0.1, -0.05) is 60.2 Å². The number of amides is 3. The third-order valence-corrected chi connectivity index (χ3v) is 5.17. The van der Waals surface area contributed by atoms with E-state index in [2.05, 4.69) is 10.6 Å². The summed E-state index contributed by atoms with van der Waals surface area (Å²) < 4.78 is 0. The highest BCUT2D eigenvalue weighted by Crippen LogP contribution is 2.32. The summed E-state index contributed by atoms with van der Waals surface area (Å²) in [6.45, 7) is 3.60. The molecule has 32 heavy (non-hydrogen) atoms. The number of anilines is 2. The van der Waals surface area contributed by atoms with Gasteiger partial charge in [0.05, 0.1) is 12.1 Å². The molecule has 0 aliphatic carbocycles. The van der Waals surface area contributed by atoms with Crippen molar-refractivity contribution in [1.82, 2.24) is 4.90 Å². The zero-order valence-electron chi connectivity index (χ0n) is 17.9. The van der Waals surface area contributed by atoms with Crippen LogP contribution in [0.1, 0.15) is 23.6 Å². The van der Waals surface area contributed by atoms with Crippen molar-refractivity contribution in [3.05, 3.63) is 101 Å². The Bertz CT molecular complexity index is 1200. The highest BCUT2D eigenvalue weighted by molar-refractivity contribution is 6.36.